The Labute approximate surface area is 163 Å². The van der Waals surface area contributed by atoms with Gasteiger partial charge in [0.1, 0.15) is 17.6 Å². The number of methoxy groups -OCH3 is 1. The van der Waals surface area contributed by atoms with Crippen LogP contribution in [0.5, 0.6) is 11.5 Å². The summed E-state index contributed by atoms with van der Waals surface area (Å²) in [5.74, 6) is 1.98. The number of ether oxygens (including phenoxy) is 3. The Morgan fingerprint density at radius 2 is 1.68 bits per heavy atom. The standard InChI is InChI=1S/C22H21NO5/c1-26-19-12-13(8-9-16(19)27-11-10-23)20-21-14(24)4-2-6-17(21)28-18-7-3-5-15(25)22(18)20/h8-9,12,20H,2-7,11H2,1H3. The lowest BCUT2D eigenvalue weighted by molar-refractivity contribution is -0.117. The molecule has 0 spiro atoms. The van der Waals surface area contributed by atoms with Crippen molar-refractivity contribution in [3.8, 4) is 17.6 Å². The molecule has 144 valence electrons. The van der Waals surface area contributed by atoms with E-state index in [0.29, 0.717) is 59.8 Å². The molecule has 4 rings (SSSR count). The third-order valence-corrected chi connectivity index (χ3v) is 5.45. The number of carbonyl (C=O) groups excluding carboxylic acids is 2. The molecule has 1 aromatic carbocycles. The van der Waals surface area contributed by atoms with Gasteiger partial charge in [0.2, 0.25) is 0 Å². The predicted octanol–water partition coefficient (Wildman–Crippen LogP) is 3.73. The zero-order valence-corrected chi connectivity index (χ0v) is 15.7. The molecule has 0 saturated heterocycles. The molecule has 0 fully saturated rings. The van der Waals surface area contributed by atoms with E-state index in [0.717, 1.165) is 18.4 Å². The van der Waals surface area contributed by atoms with E-state index in [4.69, 9.17) is 19.5 Å². The topological polar surface area (TPSA) is 85.6 Å². The van der Waals surface area contributed by atoms with Crippen LogP contribution in [-0.4, -0.2) is 25.3 Å². The van der Waals surface area contributed by atoms with Crippen molar-refractivity contribution < 1.29 is 23.8 Å². The molecular formula is C22H21NO5. The van der Waals surface area contributed by atoms with E-state index in [-0.39, 0.29) is 18.2 Å². The molecule has 0 unspecified atom stereocenters. The lowest BCUT2D eigenvalue weighted by Gasteiger charge is -2.36. The molecule has 0 saturated carbocycles. The van der Waals surface area contributed by atoms with Gasteiger partial charge in [-0.1, -0.05) is 6.07 Å². The first-order chi connectivity index (χ1) is 13.6. The molecule has 3 aliphatic rings. The Morgan fingerprint density at radius 1 is 1.04 bits per heavy atom. The highest BCUT2D eigenvalue weighted by Crippen LogP contribution is 2.48. The number of hydrogen-bond donors (Lipinski definition) is 0. The van der Waals surface area contributed by atoms with E-state index < -0.39 is 5.92 Å². The second-order valence-corrected chi connectivity index (χ2v) is 7.12. The summed E-state index contributed by atoms with van der Waals surface area (Å²) in [5, 5.41) is 8.75. The van der Waals surface area contributed by atoms with Gasteiger partial charge in [-0.2, -0.15) is 5.26 Å². The minimum Gasteiger partial charge on any atom is -0.493 e. The van der Waals surface area contributed by atoms with Gasteiger partial charge >= 0.3 is 0 Å². The average molecular weight is 379 g/mol. The summed E-state index contributed by atoms with van der Waals surface area (Å²) in [6.07, 6.45) is 3.90. The van der Waals surface area contributed by atoms with Gasteiger partial charge in [-0.05, 0) is 30.5 Å². The van der Waals surface area contributed by atoms with E-state index in [2.05, 4.69) is 0 Å². The molecule has 6 heteroatoms. The van der Waals surface area contributed by atoms with E-state index in [1.54, 1.807) is 12.1 Å². The van der Waals surface area contributed by atoms with Crippen molar-refractivity contribution in [2.24, 2.45) is 0 Å². The van der Waals surface area contributed by atoms with Gasteiger partial charge in [0.05, 0.1) is 7.11 Å². The Hall–Kier alpha value is -3.07. The predicted molar refractivity (Wildman–Crippen MR) is 99.7 cm³/mol. The fourth-order valence-electron chi connectivity index (χ4n) is 4.24. The minimum absolute atomic E-state index is 0.0416. The number of carbonyl (C=O) groups is 2. The maximum atomic E-state index is 12.8. The van der Waals surface area contributed by atoms with Crippen molar-refractivity contribution in [1.29, 1.82) is 5.26 Å². The summed E-state index contributed by atoms with van der Waals surface area (Å²) in [5.41, 5.74) is 2.01. The van der Waals surface area contributed by atoms with E-state index in [9.17, 15) is 9.59 Å². The molecule has 1 heterocycles. The van der Waals surface area contributed by atoms with E-state index >= 15 is 0 Å². The first-order valence-corrected chi connectivity index (χ1v) is 9.52. The number of hydrogen-bond acceptors (Lipinski definition) is 6. The summed E-state index contributed by atoms with van der Waals surface area (Å²) in [7, 11) is 1.52. The Balaban J connectivity index is 1.84. The van der Waals surface area contributed by atoms with Crippen LogP contribution in [0.2, 0.25) is 0 Å². The maximum absolute atomic E-state index is 12.8. The van der Waals surface area contributed by atoms with Gasteiger partial charge in [-0.25, -0.2) is 0 Å². The lowest BCUT2D eigenvalue weighted by atomic mass is 9.73. The lowest BCUT2D eigenvalue weighted by Crippen LogP contribution is -2.30. The van der Waals surface area contributed by atoms with Crippen LogP contribution in [0.1, 0.15) is 50.0 Å². The molecule has 6 nitrogen and oxygen atoms in total. The molecule has 1 aliphatic heterocycles. The number of nitriles is 1. The summed E-state index contributed by atoms with van der Waals surface area (Å²) in [6.45, 7) is -0.0887. The molecule has 0 aromatic heterocycles. The molecule has 28 heavy (non-hydrogen) atoms. The molecule has 0 bridgehead atoms. The van der Waals surface area contributed by atoms with Crippen molar-refractivity contribution in [1.82, 2.24) is 0 Å². The summed E-state index contributed by atoms with van der Waals surface area (Å²) >= 11 is 0. The van der Waals surface area contributed by atoms with Crippen LogP contribution in [0.3, 0.4) is 0 Å². The number of rotatable bonds is 4. The van der Waals surface area contributed by atoms with Gasteiger partial charge in [-0.3, -0.25) is 9.59 Å². The Morgan fingerprint density at radius 3 is 2.25 bits per heavy atom. The largest absolute Gasteiger partial charge is 0.493 e. The third kappa shape index (κ3) is 3.07. The second kappa shape index (κ2) is 7.51. The van der Waals surface area contributed by atoms with Gasteiger partial charge < -0.3 is 14.2 Å². The summed E-state index contributed by atoms with van der Waals surface area (Å²) < 4.78 is 16.9. The molecule has 0 amide bonds. The van der Waals surface area contributed by atoms with Crippen molar-refractivity contribution in [2.45, 2.75) is 44.4 Å². The molecular weight excluding hydrogens is 358 g/mol. The number of nitrogens with zero attached hydrogens (tertiary/aromatic N) is 1. The zero-order valence-electron chi connectivity index (χ0n) is 15.7. The van der Waals surface area contributed by atoms with Gasteiger partial charge in [0.25, 0.3) is 0 Å². The monoisotopic (exact) mass is 379 g/mol. The van der Waals surface area contributed by atoms with Gasteiger partial charge in [-0.15, -0.1) is 0 Å². The van der Waals surface area contributed by atoms with Crippen LogP contribution in [0.4, 0.5) is 0 Å². The van der Waals surface area contributed by atoms with Gasteiger partial charge in [0.15, 0.2) is 29.7 Å². The first kappa shape index (κ1) is 18.3. The number of allylic oxidation sites excluding steroid dienone is 4. The highest BCUT2D eigenvalue weighted by molar-refractivity contribution is 6.05. The average Bonchev–Trinajstić information content (AvgIpc) is 2.71. The van der Waals surface area contributed by atoms with Crippen molar-refractivity contribution in [3.63, 3.8) is 0 Å². The normalized spacial score (nSPS) is 19.6. The van der Waals surface area contributed by atoms with Crippen LogP contribution >= 0.6 is 0 Å². The van der Waals surface area contributed by atoms with Crippen LogP contribution in [0.15, 0.2) is 40.9 Å². The number of benzene rings is 1. The number of ketones is 2. The smallest absolute Gasteiger partial charge is 0.174 e. The van der Waals surface area contributed by atoms with Crippen molar-refractivity contribution in [3.05, 3.63) is 46.4 Å². The SMILES string of the molecule is COc1cc(C2C3=C(CCCC3=O)OC3=C2C(=O)CCC3)ccc1OCC#N. The molecule has 0 atom stereocenters. The Kier molecular flexibility index (Phi) is 4.91. The van der Waals surface area contributed by atoms with Crippen LogP contribution in [0.25, 0.3) is 0 Å². The fourth-order valence-corrected chi connectivity index (χ4v) is 4.24. The van der Waals surface area contributed by atoms with E-state index in [1.165, 1.54) is 7.11 Å². The Bertz CT molecular complexity index is 908. The summed E-state index contributed by atoms with van der Waals surface area (Å²) in [4.78, 5) is 25.6. The van der Waals surface area contributed by atoms with Crippen molar-refractivity contribution in [2.75, 3.05) is 13.7 Å². The summed E-state index contributed by atoms with van der Waals surface area (Å²) in [6, 6.07) is 7.29. The molecule has 0 N–H and O–H groups in total. The maximum Gasteiger partial charge on any atom is 0.174 e. The number of Topliss-reactive ketones (excluding diaryl/α,β-unsaturated/α-hetero) is 2. The van der Waals surface area contributed by atoms with Crippen LogP contribution < -0.4 is 9.47 Å². The molecule has 0 radical (unpaired) electrons. The third-order valence-electron chi connectivity index (χ3n) is 5.45. The second-order valence-electron chi connectivity index (χ2n) is 7.12. The minimum atomic E-state index is -0.432. The van der Waals surface area contributed by atoms with Gasteiger partial charge in [0, 0.05) is 42.7 Å². The quantitative estimate of drug-likeness (QED) is 0.792. The van der Waals surface area contributed by atoms with Crippen LogP contribution in [-0.2, 0) is 14.3 Å². The highest BCUT2D eigenvalue weighted by atomic mass is 16.5. The first-order valence-electron chi connectivity index (χ1n) is 9.52. The van der Waals surface area contributed by atoms with Crippen molar-refractivity contribution >= 4 is 11.6 Å². The fraction of sp³-hybridized carbons (Fsp3) is 0.409. The van der Waals surface area contributed by atoms with E-state index in [1.807, 2.05) is 12.1 Å². The molecule has 1 aromatic rings. The highest BCUT2D eigenvalue weighted by Gasteiger charge is 2.41. The molecule has 2 aliphatic carbocycles. The van der Waals surface area contributed by atoms with Crippen LogP contribution in [0, 0.1) is 11.3 Å². The zero-order chi connectivity index (χ0) is 19.7.